The summed E-state index contributed by atoms with van der Waals surface area (Å²) in [5, 5.41) is 11.4. The first-order chi connectivity index (χ1) is 9.34. The predicted molar refractivity (Wildman–Crippen MR) is 71.0 cm³/mol. The molecule has 2 heterocycles. The number of benzene rings is 1. The fraction of sp³-hybridized carbons (Fsp3) is 0.357. The number of piperidine rings is 1. The molecule has 1 aliphatic rings. The largest absolute Gasteiger partial charge is 0.317 e. The van der Waals surface area contributed by atoms with E-state index in [4.69, 9.17) is 0 Å². The second-order valence-electron chi connectivity index (χ2n) is 4.76. The predicted octanol–water partition coefficient (Wildman–Crippen LogP) is 1.43. The summed E-state index contributed by atoms with van der Waals surface area (Å²) in [5.74, 6) is -0.0687. The molecule has 1 fully saturated rings. The summed E-state index contributed by atoms with van der Waals surface area (Å²) >= 11 is 0. The Balaban J connectivity index is 1.79. The summed E-state index contributed by atoms with van der Waals surface area (Å²) in [6, 6.07) is 9.54. The second-order valence-corrected chi connectivity index (χ2v) is 4.76. The lowest BCUT2D eigenvalue weighted by Crippen LogP contribution is -2.29. The van der Waals surface area contributed by atoms with Crippen LogP contribution in [0.4, 0.5) is 0 Å². The van der Waals surface area contributed by atoms with Gasteiger partial charge in [0, 0.05) is 5.56 Å². The monoisotopic (exact) mass is 256 g/mol. The molecule has 0 bridgehead atoms. The second kappa shape index (κ2) is 5.32. The van der Waals surface area contributed by atoms with Crippen LogP contribution in [-0.4, -0.2) is 33.9 Å². The standard InChI is InChI=1S/C14H16N4O/c19-14(11-4-2-1-3-5-11)13-10-18(17-16-13)12-6-8-15-9-7-12/h1-5,10,12,15H,6-9H2. The number of hydrogen-bond donors (Lipinski definition) is 1. The highest BCUT2D eigenvalue weighted by Gasteiger charge is 2.19. The first-order valence-electron chi connectivity index (χ1n) is 6.57. The van der Waals surface area contributed by atoms with Crippen molar-refractivity contribution in [3.05, 3.63) is 47.8 Å². The van der Waals surface area contributed by atoms with Crippen LogP contribution in [0.15, 0.2) is 36.5 Å². The van der Waals surface area contributed by atoms with Gasteiger partial charge in [0.15, 0.2) is 5.69 Å². The number of aromatic nitrogens is 3. The van der Waals surface area contributed by atoms with Crippen LogP contribution in [0.3, 0.4) is 0 Å². The van der Waals surface area contributed by atoms with Gasteiger partial charge < -0.3 is 5.32 Å². The average molecular weight is 256 g/mol. The molecule has 19 heavy (non-hydrogen) atoms. The van der Waals surface area contributed by atoms with Gasteiger partial charge in [-0.05, 0) is 25.9 Å². The summed E-state index contributed by atoms with van der Waals surface area (Å²) in [7, 11) is 0. The van der Waals surface area contributed by atoms with E-state index < -0.39 is 0 Å². The minimum Gasteiger partial charge on any atom is -0.317 e. The molecule has 0 spiro atoms. The maximum Gasteiger partial charge on any atom is 0.214 e. The molecule has 0 amide bonds. The molecule has 0 atom stereocenters. The maximum atomic E-state index is 12.2. The van der Waals surface area contributed by atoms with Crippen LogP contribution >= 0.6 is 0 Å². The van der Waals surface area contributed by atoms with Crippen molar-refractivity contribution in [3.63, 3.8) is 0 Å². The third kappa shape index (κ3) is 2.56. The number of carbonyl (C=O) groups is 1. The van der Waals surface area contributed by atoms with Crippen LogP contribution < -0.4 is 5.32 Å². The van der Waals surface area contributed by atoms with Gasteiger partial charge in [0.2, 0.25) is 5.78 Å². The van der Waals surface area contributed by atoms with Crippen LogP contribution in [0.25, 0.3) is 0 Å². The van der Waals surface area contributed by atoms with E-state index in [-0.39, 0.29) is 5.78 Å². The molecule has 1 saturated heterocycles. The maximum absolute atomic E-state index is 12.2. The number of hydrogen-bond acceptors (Lipinski definition) is 4. The normalized spacial score (nSPS) is 16.4. The molecule has 0 saturated carbocycles. The zero-order valence-corrected chi connectivity index (χ0v) is 10.6. The number of rotatable bonds is 3. The molecule has 5 heteroatoms. The average Bonchev–Trinajstić information content (AvgIpc) is 2.98. The van der Waals surface area contributed by atoms with Crippen molar-refractivity contribution in [1.82, 2.24) is 20.3 Å². The van der Waals surface area contributed by atoms with Crippen molar-refractivity contribution < 1.29 is 4.79 Å². The van der Waals surface area contributed by atoms with Crippen molar-refractivity contribution in [1.29, 1.82) is 0 Å². The van der Waals surface area contributed by atoms with Crippen molar-refractivity contribution in [2.75, 3.05) is 13.1 Å². The van der Waals surface area contributed by atoms with Crippen LogP contribution in [0.5, 0.6) is 0 Å². The third-order valence-electron chi connectivity index (χ3n) is 3.46. The molecule has 3 rings (SSSR count). The summed E-state index contributed by atoms with van der Waals surface area (Å²) in [5.41, 5.74) is 1.07. The fourth-order valence-corrected chi connectivity index (χ4v) is 2.37. The van der Waals surface area contributed by atoms with Gasteiger partial charge in [-0.25, -0.2) is 4.68 Å². The van der Waals surface area contributed by atoms with E-state index >= 15 is 0 Å². The molecule has 1 aromatic carbocycles. The van der Waals surface area contributed by atoms with Gasteiger partial charge in [-0.3, -0.25) is 4.79 Å². The zero-order valence-electron chi connectivity index (χ0n) is 10.6. The Morgan fingerprint density at radius 3 is 2.68 bits per heavy atom. The summed E-state index contributed by atoms with van der Waals surface area (Å²) in [6.07, 6.45) is 3.83. The van der Waals surface area contributed by atoms with Gasteiger partial charge in [0.25, 0.3) is 0 Å². The molecular weight excluding hydrogens is 240 g/mol. The van der Waals surface area contributed by atoms with E-state index in [0.717, 1.165) is 25.9 Å². The Kier molecular flexibility index (Phi) is 3.37. The van der Waals surface area contributed by atoms with E-state index in [1.807, 2.05) is 22.9 Å². The zero-order chi connectivity index (χ0) is 13.1. The topological polar surface area (TPSA) is 59.8 Å². The molecule has 2 aromatic rings. The van der Waals surface area contributed by atoms with Crippen LogP contribution in [-0.2, 0) is 0 Å². The lowest BCUT2D eigenvalue weighted by atomic mass is 10.1. The molecule has 0 unspecified atom stereocenters. The Morgan fingerprint density at radius 1 is 1.21 bits per heavy atom. The Morgan fingerprint density at radius 2 is 1.95 bits per heavy atom. The van der Waals surface area contributed by atoms with Gasteiger partial charge >= 0.3 is 0 Å². The molecule has 0 radical (unpaired) electrons. The number of ketones is 1. The Bertz CT molecular complexity index is 558. The highest BCUT2D eigenvalue weighted by atomic mass is 16.1. The molecule has 1 aromatic heterocycles. The highest BCUT2D eigenvalue weighted by molar-refractivity contribution is 6.07. The fourth-order valence-electron chi connectivity index (χ4n) is 2.37. The van der Waals surface area contributed by atoms with E-state index in [2.05, 4.69) is 15.6 Å². The summed E-state index contributed by atoms with van der Waals surface area (Å²) in [4.78, 5) is 12.2. The smallest absolute Gasteiger partial charge is 0.214 e. The van der Waals surface area contributed by atoms with E-state index in [0.29, 0.717) is 17.3 Å². The van der Waals surface area contributed by atoms with Gasteiger partial charge in [-0.15, -0.1) is 5.10 Å². The van der Waals surface area contributed by atoms with Crippen LogP contribution in [0.2, 0.25) is 0 Å². The highest BCUT2D eigenvalue weighted by Crippen LogP contribution is 2.17. The molecular formula is C14H16N4O. The van der Waals surface area contributed by atoms with Crippen LogP contribution in [0.1, 0.15) is 34.9 Å². The van der Waals surface area contributed by atoms with Crippen molar-refractivity contribution in [2.24, 2.45) is 0 Å². The van der Waals surface area contributed by atoms with Crippen molar-refractivity contribution >= 4 is 5.78 Å². The van der Waals surface area contributed by atoms with Crippen molar-refractivity contribution in [2.45, 2.75) is 18.9 Å². The molecule has 1 N–H and O–H groups in total. The molecule has 5 nitrogen and oxygen atoms in total. The lowest BCUT2D eigenvalue weighted by molar-refractivity contribution is 0.103. The van der Waals surface area contributed by atoms with Crippen LogP contribution in [0, 0.1) is 0 Å². The lowest BCUT2D eigenvalue weighted by Gasteiger charge is -2.22. The van der Waals surface area contributed by atoms with E-state index in [1.165, 1.54) is 0 Å². The molecule has 1 aliphatic heterocycles. The Hall–Kier alpha value is -2.01. The Labute approximate surface area is 111 Å². The van der Waals surface area contributed by atoms with Crippen molar-refractivity contribution in [3.8, 4) is 0 Å². The minimum atomic E-state index is -0.0687. The van der Waals surface area contributed by atoms with E-state index in [1.54, 1.807) is 18.3 Å². The quantitative estimate of drug-likeness (QED) is 0.844. The van der Waals surface area contributed by atoms with Gasteiger partial charge in [0.1, 0.15) is 0 Å². The van der Waals surface area contributed by atoms with Gasteiger partial charge in [0.05, 0.1) is 12.2 Å². The SMILES string of the molecule is O=C(c1ccccc1)c1cn(C2CCNCC2)nn1. The number of nitrogens with zero attached hydrogens (tertiary/aromatic N) is 3. The first-order valence-corrected chi connectivity index (χ1v) is 6.57. The molecule has 98 valence electrons. The third-order valence-corrected chi connectivity index (χ3v) is 3.46. The molecule has 0 aliphatic carbocycles. The van der Waals surface area contributed by atoms with Gasteiger partial charge in [-0.2, -0.15) is 0 Å². The summed E-state index contributed by atoms with van der Waals surface area (Å²) in [6.45, 7) is 1.99. The number of carbonyl (C=O) groups excluding carboxylic acids is 1. The summed E-state index contributed by atoms with van der Waals surface area (Å²) < 4.78 is 1.83. The van der Waals surface area contributed by atoms with Gasteiger partial charge in [-0.1, -0.05) is 35.5 Å². The minimum absolute atomic E-state index is 0.0687. The number of nitrogens with one attached hydrogen (secondary N) is 1. The first kappa shape index (κ1) is 12.0. The van der Waals surface area contributed by atoms with E-state index in [9.17, 15) is 4.79 Å².